The molecule has 3 aromatic rings. The Balaban J connectivity index is 1.34. The summed E-state index contributed by atoms with van der Waals surface area (Å²) in [6.07, 6.45) is 5.80. The lowest BCUT2D eigenvalue weighted by Crippen LogP contribution is -2.32. The Labute approximate surface area is 158 Å². The van der Waals surface area contributed by atoms with Crippen LogP contribution >= 0.6 is 0 Å². The van der Waals surface area contributed by atoms with Gasteiger partial charge >= 0.3 is 0 Å². The molecule has 0 unspecified atom stereocenters. The van der Waals surface area contributed by atoms with Crippen LogP contribution in [0.4, 0.5) is 0 Å². The second kappa shape index (κ2) is 7.72. The highest BCUT2D eigenvalue weighted by Gasteiger charge is 2.22. The van der Waals surface area contributed by atoms with Gasteiger partial charge in [0.15, 0.2) is 0 Å². The molecule has 1 aliphatic heterocycles. The lowest BCUT2D eigenvalue weighted by atomic mass is 9.93. The fraction of sp³-hybridized carbons (Fsp3) is 0.286. The van der Waals surface area contributed by atoms with Crippen LogP contribution in [0.1, 0.15) is 40.4 Å². The van der Waals surface area contributed by atoms with Gasteiger partial charge in [-0.3, -0.25) is 19.8 Å². The number of pyridine rings is 1. The Morgan fingerprint density at radius 2 is 1.81 bits per heavy atom. The van der Waals surface area contributed by atoms with Gasteiger partial charge in [-0.15, -0.1) is 0 Å². The monoisotopic (exact) mass is 361 g/mol. The van der Waals surface area contributed by atoms with E-state index in [4.69, 9.17) is 5.73 Å². The zero-order valence-electron chi connectivity index (χ0n) is 15.1. The van der Waals surface area contributed by atoms with E-state index < -0.39 is 0 Å². The quantitative estimate of drug-likeness (QED) is 0.731. The van der Waals surface area contributed by atoms with Gasteiger partial charge in [-0.25, -0.2) is 0 Å². The van der Waals surface area contributed by atoms with Crippen molar-refractivity contribution in [3.63, 3.8) is 0 Å². The van der Waals surface area contributed by atoms with Crippen LogP contribution in [0.2, 0.25) is 0 Å². The summed E-state index contributed by atoms with van der Waals surface area (Å²) in [6, 6.07) is 13.7. The van der Waals surface area contributed by atoms with Crippen LogP contribution in [0.25, 0.3) is 11.3 Å². The van der Waals surface area contributed by atoms with E-state index in [1.165, 1.54) is 11.3 Å². The third kappa shape index (κ3) is 4.06. The number of carbonyl (C=O) groups excluding carboxylic acids is 1. The van der Waals surface area contributed by atoms with E-state index in [2.05, 4.69) is 26.1 Å². The maximum Gasteiger partial charge on any atom is 0.248 e. The van der Waals surface area contributed by atoms with Crippen molar-refractivity contribution >= 4 is 5.91 Å². The number of hydrogen-bond donors (Lipinski definition) is 2. The summed E-state index contributed by atoms with van der Waals surface area (Å²) in [5.41, 5.74) is 10.3. The summed E-state index contributed by atoms with van der Waals surface area (Å²) >= 11 is 0. The Kier molecular flexibility index (Phi) is 4.98. The smallest absolute Gasteiger partial charge is 0.248 e. The van der Waals surface area contributed by atoms with Crippen LogP contribution in [0.5, 0.6) is 0 Å². The number of benzene rings is 1. The third-order valence-electron chi connectivity index (χ3n) is 5.25. The molecule has 0 radical (unpaired) electrons. The number of nitrogens with zero attached hydrogens (tertiary/aromatic N) is 3. The van der Waals surface area contributed by atoms with Gasteiger partial charge in [-0.2, -0.15) is 5.10 Å². The van der Waals surface area contributed by atoms with Crippen LogP contribution in [0.15, 0.2) is 54.9 Å². The predicted molar refractivity (Wildman–Crippen MR) is 104 cm³/mol. The zero-order valence-corrected chi connectivity index (χ0v) is 15.1. The van der Waals surface area contributed by atoms with Crippen molar-refractivity contribution in [1.29, 1.82) is 0 Å². The molecule has 1 aliphatic rings. The second-order valence-corrected chi connectivity index (χ2v) is 7.06. The second-order valence-electron chi connectivity index (χ2n) is 7.06. The van der Waals surface area contributed by atoms with Crippen molar-refractivity contribution in [2.45, 2.75) is 25.3 Å². The first-order valence-electron chi connectivity index (χ1n) is 9.26. The van der Waals surface area contributed by atoms with E-state index in [0.717, 1.165) is 43.7 Å². The van der Waals surface area contributed by atoms with Crippen molar-refractivity contribution in [1.82, 2.24) is 20.1 Å². The summed E-state index contributed by atoms with van der Waals surface area (Å²) in [4.78, 5) is 17.7. The Bertz CT molecular complexity index is 896. The number of nitrogens with two attached hydrogens (primary N) is 1. The minimum Gasteiger partial charge on any atom is -0.366 e. The summed E-state index contributed by atoms with van der Waals surface area (Å²) in [5, 5.41) is 7.69. The van der Waals surface area contributed by atoms with Crippen LogP contribution in [0.3, 0.4) is 0 Å². The van der Waals surface area contributed by atoms with Crippen LogP contribution in [-0.2, 0) is 6.54 Å². The number of H-pyrrole nitrogens is 1. The average molecular weight is 361 g/mol. The molecule has 0 bridgehead atoms. The molecule has 2 aromatic heterocycles. The van der Waals surface area contributed by atoms with Gasteiger partial charge < -0.3 is 5.73 Å². The molecule has 0 atom stereocenters. The molecule has 27 heavy (non-hydrogen) atoms. The number of likely N-dealkylation sites (tertiary alicyclic amines) is 1. The molecule has 1 fully saturated rings. The molecule has 1 amide bonds. The molecule has 4 rings (SSSR count). The average Bonchev–Trinajstić information content (AvgIpc) is 3.20. The Morgan fingerprint density at radius 3 is 2.48 bits per heavy atom. The lowest BCUT2D eigenvalue weighted by molar-refractivity contribution is 0.1000. The largest absolute Gasteiger partial charge is 0.366 e. The Morgan fingerprint density at radius 1 is 1.11 bits per heavy atom. The standard InChI is InChI=1S/C21H23N5O/c22-21(27)18-3-1-15(2-4-18)14-26-11-7-17(8-12-26)20-13-19(24-25-20)16-5-9-23-10-6-16/h1-6,9-10,13,17H,7-8,11-12,14H2,(H2,22,27)(H,24,25). The maximum atomic E-state index is 11.2. The van der Waals surface area contributed by atoms with Crippen molar-refractivity contribution in [3.05, 3.63) is 71.7 Å². The highest BCUT2D eigenvalue weighted by atomic mass is 16.1. The summed E-state index contributed by atoms with van der Waals surface area (Å²) < 4.78 is 0. The van der Waals surface area contributed by atoms with Crippen LogP contribution < -0.4 is 5.73 Å². The highest BCUT2D eigenvalue weighted by Crippen LogP contribution is 2.29. The number of rotatable bonds is 5. The first-order valence-corrected chi connectivity index (χ1v) is 9.26. The van der Waals surface area contributed by atoms with Gasteiger partial charge in [0.2, 0.25) is 5.91 Å². The van der Waals surface area contributed by atoms with Crippen molar-refractivity contribution < 1.29 is 4.79 Å². The van der Waals surface area contributed by atoms with Crippen LogP contribution in [-0.4, -0.2) is 39.1 Å². The number of primary amides is 1. The molecule has 0 spiro atoms. The SMILES string of the molecule is NC(=O)c1ccc(CN2CCC(c3cc(-c4ccncc4)n[nH]3)CC2)cc1. The molecule has 138 valence electrons. The number of amides is 1. The number of carbonyl (C=O) groups is 1. The first kappa shape index (κ1) is 17.4. The fourth-order valence-corrected chi connectivity index (χ4v) is 3.65. The van der Waals surface area contributed by atoms with E-state index >= 15 is 0 Å². The van der Waals surface area contributed by atoms with E-state index in [1.54, 1.807) is 24.5 Å². The van der Waals surface area contributed by atoms with Crippen molar-refractivity contribution in [3.8, 4) is 11.3 Å². The Hall–Kier alpha value is -2.99. The van der Waals surface area contributed by atoms with Gasteiger partial charge in [-0.1, -0.05) is 12.1 Å². The lowest BCUT2D eigenvalue weighted by Gasteiger charge is -2.31. The molecule has 3 heterocycles. The molecule has 6 nitrogen and oxygen atoms in total. The van der Waals surface area contributed by atoms with Gasteiger partial charge in [0.1, 0.15) is 0 Å². The number of hydrogen-bond acceptors (Lipinski definition) is 4. The van der Waals surface area contributed by atoms with Gasteiger partial charge in [0.05, 0.1) is 5.69 Å². The van der Waals surface area contributed by atoms with E-state index in [1.807, 2.05) is 24.3 Å². The molecule has 3 N–H and O–H groups in total. The van der Waals surface area contributed by atoms with E-state index in [-0.39, 0.29) is 5.91 Å². The number of aromatic amines is 1. The minimum atomic E-state index is -0.381. The fourth-order valence-electron chi connectivity index (χ4n) is 3.65. The maximum absolute atomic E-state index is 11.2. The topological polar surface area (TPSA) is 87.9 Å². The molecule has 0 aliphatic carbocycles. The molecule has 1 saturated heterocycles. The number of aromatic nitrogens is 3. The number of piperidine rings is 1. The predicted octanol–water partition coefficient (Wildman–Crippen LogP) is 2.95. The van der Waals surface area contributed by atoms with Crippen molar-refractivity contribution in [2.75, 3.05) is 13.1 Å². The van der Waals surface area contributed by atoms with Crippen molar-refractivity contribution in [2.24, 2.45) is 5.73 Å². The highest BCUT2D eigenvalue weighted by molar-refractivity contribution is 5.92. The summed E-state index contributed by atoms with van der Waals surface area (Å²) in [7, 11) is 0. The summed E-state index contributed by atoms with van der Waals surface area (Å²) in [6.45, 7) is 2.99. The molecular formula is C21H23N5O. The first-order chi connectivity index (χ1) is 13.2. The van der Waals surface area contributed by atoms with Crippen LogP contribution in [0, 0.1) is 0 Å². The van der Waals surface area contributed by atoms with Gasteiger partial charge in [-0.05, 0) is 61.8 Å². The molecule has 1 aromatic carbocycles. The molecule has 6 heteroatoms. The van der Waals surface area contributed by atoms with Gasteiger partial charge in [0, 0.05) is 41.7 Å². The van der Waals surface area contributed by atoms with Gasteiger partial charge in [0.25, 0.3) is 0 Å². The summed E-state index contributed by atoms with van der Waals surface area (Å²) in [5.74, 6) is 0.134. The molecular weight excluding hydrogens is 338 g/mol. The van der Waals surface area contributed by atoms with E-state index in [0.29, 0.717) is 11.5 Å². The number of nitrogens with one attached hydrogen (secondary N) is 1. The third-order valence-corrected chi connectivity index (χ3v) is 5.25. The van der Waals surface area contributed by atoms with E-state index in [9.17, 15) is 4.79 Å². The zero-order chi connectivity index (χ0) is 18.6. The molecule has 0 saturated carbocycles. The minimum absolute atomic E-state index is 0.381. The normalized spacial score (nSPS) is 15.7.